The summed E-state index contributed by atoms with van der Waals surface area (Å²) in [6.45, 7) is 8.63. The molecule has 1 aromatic rings. The van der Waals surface area contributed by atoms with Crippen molar-refractivity contribution in [1.82, 2.24) is 0 Å². The van der Waals surface area contributed by atoms with E-state index in [4.69, 9.17) is 0 Å². The summed E-state index contributed by atoms with van der Waals surface area (Å²) in [6, 6.07) is 6.28. The number of hydrogen-bond donors (Lipinski definition) is 1. The van der Waals surface area contributed by atoms with Crippen molar-refractivity contribution in [3.05, 3.63) is 29.3 Å². The minimum absolute atomic E-state index is 0.0969. The molecule has 1 aliphatic heterocycles. The molecule has 23 heavy (non-hydrogen) atoms. The number of nitrogens with zero attached hydrogens (tertiary/aromatic N) is 1. The molecule has 2 rings (SSSR count). The van der Waals surface area contributed by atoms with Gasteiger partial charge in [-0.2, -0.15) is 0 Å². The molecular weight excluding hydrogens is 284 g/mol. The fraction of sp³-hybridized carbons (Fsp3) is 0.650. The number of quaternary nitrogens is 1. The van der Waals surface area contributed by atoms with Crippen LogP contribution in [0.3, 0.4) is 0 Å². The molecule has 1 fully saturated rings. The topological polar surface area (TPSA) is 29.1 Å². The van der Waals surface area contributed by atoms with Gasteiger partial charge in [-0.25, -0.2) is 0 Å². The van der Waals surface area contributed by atoms with Crippen LogP contribution in [0, 0.1) is 13.8 Å². The van der Waals surface area contributed by atoms with Crippen molar-refractivity contribution in [3.63, 3.8) is 0 Å². The maximum Gasteiger partial charge on any atom is 0.282 e. The maximum absolute atomic E-state index is 13.0. The molecule has 1 amide bonds. The Balaban J connectivity index is 2.12. The Morgan fingerprint density at radius 3 is 2.57 bits per heavy atom. The summed E-state index contributed by atoms with van der Waals surface area (Å²) in [5, 5.41) is 3.24. The van der Waals surface area contributed by atoms with Gasteiger partial charge < -0.3 is 9.80 Å². The van der Waals surface area contributed by atoms with E-state index >= 15 is 0 Å². The van der Waals surface area contributed by atoms with Crippen molar-refractivity contribution in [2.24, 2.45) is 0 Å². The average Bonchev–Trinajstić information content (AvgIpc) is 2.51. The van der Waals surface area contributed by atoms with Gasteiger partial charge in [-0.3, -0.25) is 4.79 Å². The average molecular weight is 317 g/mol. The van der Waals surface area contributed by atoms with Gasteiger partial charge in [0.05, 0.1) is 20.1 Å². The van der Waals surface area contributed by atoms with Crippen molar-refractivity contribution < 1.29 is 9.28 Å². The third-order valence-corrected chi connectivity index (χ3v) is 5.45. The number of para-hydroxylation sites is 1. The largest absolute Gasteiger partial charge is 0.320 e. The van der Waals surface area contributed by atoms with E-state index in [1.165, 1.54) is 32.1 Å². The van der Waals surface area contributed by atoms with Crippen molar-refractivity contribution in [3.8, 4) is 0 Å². The molecule has 0 radical (unpaired) electrons. The van der Waals surface area contributed by atoms with Gasteiger partial charge in [0.25, 0.3) is 5.91 Å². The fourth-order valence-corrected chi connectivity index (χ4v) is 3.90. The Morgan fingerprint density at radius 1 is 1.22 bits per heavy atom. The van der Waals surface area contributed by atoms with Crippen molar-refractivity contribution in [1.29, 1.82) is 0 Å². The molecule has 1 aliphatic rings. The number of carbonyl (C=O) groups is 1. The van der Waals surface area contributed by atoms with Gasteiger partial charge in [-0.1, -0.05) is 31.5 Å². The zero-order valence-corrected chi connectivity index (χ0v) is 15.3. The molecule has 0 aromatic heterocycles. The number of likely N-dealkylation sites (tertiary alicyclic amines) is 1. The standard InChI is InChI=1S/C20H32N2O/c1-5-6-8-14-22(4)15-9-7-13-18(22)20(23)21-19-16(2)11-10-12-17(19)3/h10-12,18H,5-9,13-15H2,1-4H3/p+1. The molecule has 1 N–H and O–H groups in total. The highest BCUT2D eigenvalue weighted by molar-refractivity contribution is 5.95. The quantitative estimate of drug-likeness (QED) is 0.610. The normalized spacial score (nSPS) is 24.4. The van der Waals surface area contributed by atoms with Gasteiger partial charge in [-0.15, -0.1) is 0 Å². The van der Waals surface area contributed by atoms with Crippen LogP contribution in [-0.4, -0.2) is 36.6 Å². The molecule has 0 aliphatic carbocycles. The van der Waals surface area contributed by atoms with Crippen LogP contribution < -0.4 is 5.32 Å². The molecule has 2 atom stereocenters. The number of unbranched alkanes of at least 4 members (excludes halogenated alkanes) is 2. The molecule has 0 bridgehead atoms. The molecule has 1 saturated heterocycles. The highest BCUT2D eigenvalue weighted by Crippen LogP contribution is 2.27. The summed E-state index contributed by atoms with van der Waals surface area (Å²) in [4.78, 5) is 13.0. The smallest absolute Gasteiger partial charge is 0.282 e. The third-order valence-electron chi connectivity index (χ3n) is 5.45. The van der Waals surface area contributed by atoms with E-state index < -0.39 is 0 Å². The number of carbonyl (C=O) groups excluding carboxylic acids is 1. The highest BCUT2D eigenvalue weighted by atomic mass is 16.2. The summed E-state index contributed by atoms with van der Waals surface area (Å²) in [5.41, 5.74) is 3.30. The van der Waals surface area contributed by atoms with E-state index in [0.29, 0.717) is 0 Å². The first-order valence-electron chi connectivity index (χ1n) is 9.19. The fourth-order valence-electron chi connectivity index (χ4n) is 3.90. The van der Waals surface area contributed by atoms with Crippen LogP contribution in [0.4, 0.5) is 5.69 Å². The molecule has 3 nitrogen and oxygen atoms in total. The van der Waals surface area contributed by atoms with E-state index in [-0.39, 0.29) is 11.9 Å². The lowest BCUT2D eigenvalue weighted by atomic mass is 9.97. The lowest BCUT2D eigenvalue weighted by molar-refractivity contribution is -0.929. The summed E-state index contributed by atoms with van der Waals surface area (Å²) in [5.74, 6) is 0.209. The minimum Gasteiger partial charge on any atom is -0.320 e. The highest BCUT2D eigenvalue weighted by Gasteiger charge is 2.40. The molecule has 128 valence electrons. The predicted octanol–water partition coefficient (Wildman–Crippen LogP) is 4.43. The number of piperidine rings is 1. The Morgan fingerprint density at radius 2 is 1.91 bits per heavy atom. The van der Waals surface area contributed by atoms with Crippen LogP contribution in [0.25, 0.3) is 0 Å². The number of benzene rings is 1. The molecule has 0 spiro atoms. The Hall–Kier alpha value is -1.35. The van der Waals surface area contributed by atoms with Gasteiger partial charge in [0, 0.05) is 12.1 Å². The Labute approximate surface area is 141 Å². The maximum atomic E-state index is 13.0. The number of likely N-dealkylation sites (N-methyl/N-ethyl adjacent to an activating group) is 1. The van der Waals surface area contributed by atoms with E-state index in [1.807, 2.05) is 6.07 Å². The predicted molar refractivity (Wildman–Crippen MR) is 97.6 cm³/mol. The lowest BCUT2D eigenvalue weighted by Crippen LogP contribution is -2.60. The second-order valence-corrected chi connectivity index (χ2v) is 7.40. The Kier molecular flexibility index (Phi) is 6.23. The van der Waals surface area contributed by atoms with Gasteiger partial charge in [0.1, 0.15) is 0 Å². The summed E-state index contributed by atoms with van der Waals surface area (Å²) in [7, 11) is 2.28. The third kappa shape index (κ3) is 4.35. The second kappa shape index (κ2) is 7.96. The van der Waals surface area contributed by atoms with Crippen molar-refractivity contribution in [2.75, 3.05) is 25.5 Å². The van der Waals surface area contributed by atoms with E-state index in [9.17, 15) is 4.79 Å². The van der Waals surface area contributed by atoms with Crippen LogP contribution >= 0.6 is 0 Å². The SMILES string of the molecule is CCCCC[N+]1(C)CCCCC1C(=O)Nc1c(C)cccc1C. The van der Waals surface area contributed by atoms with E-state index in [0.717, 1.165) is 40.8 Å². The molecular formula is C20H33N2O+. The molecule has 0 saturated carbocycles. The number of hydrogen-bond acceptors (Lipinski definition) is 1. The van der Waals surface area contributed by atoms with Crippen LogP contribution in [0.1, 0.15) is 56.6 Å². The van der Waals surface area contributed by atoms with Gasteiger partial charge in [0.15, 0.2) is 6.04 Å². The minimum atomic E-state index is 0.0969. The van der Waals surface area contributed by atoms with Gasteiger partial charge >= 0.3 is 0 Å². The molecule has 3 heteroatoms. The molecule has 1 aromatic carbocycles. The van der Waals surface area contributed by atoms with Crippen LogP contribution in [0.5, 0.6) is 0 Å². The lowest BCUT2D eigenvalue weighted by Gasteiger charge is -2.44. The van der Waals surface area contributed by atoms with Gasteiger partial charge in [-0.05, 0) is 50.7 Å². The number of rotatable bonds is 6. The van der Waals surface area contributed by atoms with Crippen LogP contribution in [-0.2, 0) is 4.79 Å². The zero-order valence-electron chi connectivity index (χ0n) is 15.3. The van der Waals surface area contributed by atoms with E-state index in [2.05, 4.69) is 45.3 Å². The summed E-state index contributed by atoms with van der Waals surface area (Å²) < 4.78 is 0.913. The van der Waals surface area contributed by atoms with Crippen molar-refractivity contribution >= 4 is 11.6 Å². The first kappa shape index (κ1) is 18.0. The Bertz CT molecular complexity index is 520. The first-order chi connectivity index (χ1) is 11.0. The van der Waals surface area contributed by atoms with E-state index in [1.54, 1.807) is 0 Å². The van der Waals surface area contributed by atoms with Gasteiger partial charge in [0.2, 0.25) is 0 Å². The zero-order chi connectivity index (χ0) is 16.9. The van der Waals surface area contributed by atoms with Crippen LogP contribution in [0.2, 0.25) is 0 Å². The number of aryl methyl sites for hydroxylation is 2. The number of amides is 1. The molecule has 1 heterocycles. The summed E-state index contributed by atoms with van der Waals surface area (Å²) >= 11 is 0. The second-order valence-electron chi connectivity index (χ2n) is 7.40. The number of anilines is 1. The number of nitrogens with one attached hydrogen (secondary N) is 1. The van der Waals surface area contributed by atoms with Crippen molar-refractivity contribution in [2.45, 2.75) is 65.3 Å². The summed E-state index contributed by atoms with van der Waals surface area (Å²) in [6.07, 6.45) is 7.15. The first-order valence-corrected chi connectivity index (χ1v) is 9.19. The monoisotopic (exact) mass is 317 g/mol. The van der Waals surface area contributed by atoms with Crippen LogP contribution in [0.15, 0.2) is 18.2 Å². The molecule has 2 unspecified atom stereocenters.